The molecule has 13 heteroatoms. The molecule has 3 aliphatic carbocycles. The van der Waals surface area contributed by atoms with E-state index in [1.807, 2.05) is 56.0 Å². The van der Waals surface area contributed by atoms with E-state index in [1.165, 1.54) is 6.07 Å². The number of aromatic nitrogens is 1. The highest BCUT2D eigenvalue weighted by Gasteiger charge is 2.66. The van der Waals surface area contributed by atoms with E-state index in [0.29, 0.717) is 45.3 Å². The number of alkyl halides is 3. The van der Waals surface area contributed by atoms with Crippen molar-refractivity contribution in [1.29, 1.82) is 0 Å². The number of rotatable bonds is 13. The topological polar surface area (TPSA) is 126 Å². The SMILES string of the molecule is CCCCOc1cc(C2CCCN2Cc2ccccc2)c(C(F)(F)F)c2c1C(O)=C1C(=O)[C@]3(O)C(=O)c4c(OCCCC)noc4[C@@H](N(C)CC)[C@@H]3C[C@@H]1C2. The van der Waals surface area contributed by atoms with E-state index in [9.17, 15) is 19.8 Å². The monoisotopic (exact) mass is 765 g/mol. The van der Waals surface area contributed by atoms with Crippen LogP contribution in [-0.4, -0.2) is 75.7 Å². The zero-order chi connectivity index (χ0) is 39.2. The summed E-state index contributed by atoms with van der Waals surface area (Å²) in [6.45, 7) is 7.71. The van der Waals surface area contributed by atoms with Crippen LogP contribution < -0.4 is 9.47 Å². The van der Waals surface area contributed by atoms with E-state index in [4.69, 9.17) is 14.0 Å². The van der Waals surface area contributed by atoms with E-state index in [2.05, 4.69) is 10.1 Å². The third-order valence-corrected chi connectivity index (χ3v) is 12.1. The van der Waals surface area contributed by atoms with Crippen molar-refractivity contribution < 1.29 is 47.0 Å². The van der Waals surface area contributed by atoms with E-state index in [0.717, 1.165) is 18.4 Å². The summed E-state index contributed by atoms with van der Waals surface area (Å²) in [5.74, 6) is -4.68. The molecule has 1 saturated carbocycles. The second-order valence-corrected chi connectivity index (χ2v) is 15.4. The number of aliphatic hydroxyl groups excluding tert-OH is 1. The second-order valence-electron chi connectivity index (χ2n) is 15.4. The van der Waals surface area contributed by atoms with Gasteiger partial charge in [0, 0.05) is 24.1 Å². The number of unbranched alkanes of at least 4 members (excludes halogenated alkanes) is 2. The summed E-state index contributed by atoms with van der Waals surface area (Å²) < 4.78 is 64.6. The summed E-state index contributed by atoms with van der Waals surface area (Å²) in [7, 11) is 1.75. The summed E-state index contributed by atoms with van der Waals surface area (Å²) in [6, 6.07) is 9.62. The molecule has 1 saturated heterocycles. The predicted octanol–water partition coefficient (Wildman–Crippen LogP) is 8.04. The van der Waals surface area contributed by atoms with Crippen molar-refractivity contribution >= 4 is 17.3 Å². The Kier molecular flexibility index (Phi) is 10.9. The van der Waals surface area contributed by atoms with Gasteiger partial charge in [-0.2, -0.15) is 13.2 Å². The number of carbonyl (C=O) groups excluding carboxylic acids is 2. The van der Waals surface area contributed by atoms with Gasteiger partial charge in [-0.25, -0.2) is 0 Å². The van der Waals surface area contributed by atoms with Gasteiger partial charge in [-0.3, -0.25) is 19.4 Å². The van der Waals surface area contributed by atoms with E-state index < -0.39 is 58.6 Å². The van der Waals surface area contributed by atoms with Gasteiger partial charge in [-0.1, -0.05) is 63.9 Å². The summed E-state index contributed by atoms with van der Waals surface area (Å²) >= 11 is 0. The van der Waals surface area contributed by atoms with Gasteiger partial charge >= 0.3 is 6.18 Å². The maximum Gasteiger partial charge on any atom is 0.417 e. The Morgan fingerprint density at radius 2 is 1.75 bits per heavy atom. The van der Waals surface area contributed by atoms with Crippen molar-refractivity contribution in [3.05, 3.63) is 81.1 Å². The van der Waals surface area contributed by atoms with Crippen molar-refractivity contribution in [3.63, 3.8) is 0 Å². The third-order valence-electron chi connectivity index (χ3n) is 12.1. The standard InChI is InChI=1S/C42H50F3N3O7/c1-5-8-18-53-30-22-26(29-16-13-17-48(29)23-24-14-11-10-12-15-24)34(42(43,44)45)27-20-25-21-28-35(47(4)7-3)37-33(40(46-55-37)54-19-9-6-2)39(51)41(28,52)38(50)31(25)36(49)32(27)30/h10-12,14-15,22,25,28-29,35,49,52H,5-9,13,16-21,23H2,1-4H3/t25-,28-,29?,35-,41-/m0/s1. The molecule has 2 heterocycles. The van der Waals surface area contributed by atoms with Gasteiger partial charge in [0.15, 0.2) is 11.4 Å². The summed E-state index contributed by atoms with van der Waals surface area (Å²) in [5.41, 5.74) is -3.16. The molecule has 1 unspecified atom stereocenters. The molecular formula is C42H50F3N3O7. The Labute approximate surface area is 319 Å². The molecule has 296 valence electrons. The number of likely N-dealkylation sites (tertiary alicyclic amines) is 1. The van der Waals surface area contributed by atoms with Crippen molar-refractivity contribution in [2.75, 3.05) is 33.4 Å². The minimum atomic E-state index is -4.81. The molecule has 4 aliphatic rings. The quantitative estimate of drug-likeness (QED) is 0.131. The van der Waals surface area contributed by atoms with Gasteiger partial charge in [-0.05, 0) is 92.5 Å². The van der Waals surface area contributed by atoms with E-state index in [1.54, 1.807) is 7.05 Å². The highest BCUT2D eigenvalue weighted by molar-refractivity contribution is 6.26. The first-order valence-corrected chi connectivity index (χ1v) is 19.6. The number of aliphatic hydroxyl groups is 2. The number of nitrogens with zero attached hydrogens (tertiary/aromatic N) is 3. The van der Waals surface area contributed by atoms with Crippen LogP contribution in [0.4, 0.5) is 13.2 Å². The Morgan fingerprint density at radius 1 is 1.04 bits per heavy atom. The van der Waals surface area contributed by atoms with Gasteiger partial charge in [0.05, 0.1) is 30.4 Å². The van der Waals surface area contributed by atoms with E-state index >= 15 is 13.2 Å². The molecule has 0 spiro atoms. The molecule has 7 rings (SSSR count). The zero-order valence-electron chi connectivity index (χ0n) is 31.9. The van der Waals surface area contributed by atoms with Crippen molar-refractivity contribution in [1.82, 2.24) is 15.0 Å². The number of hydrogen-bond donors (Lipinski definition) is 2. The van der Waals surface area contributed by atoms with Gasteiger partial charge in [-0.15, -0.1) is 0 Å². The number of carbonyl (C=O) groups is 2. The molecule has 1 aliphatic heterocycles. The molecule has 0 radical (unpaired) electrons. The lowest BCUT2D eigenvalue weighted by Crippen LogP contribution is -2.63. The van der Waals surface area contributed by atoms with Crippen LogP contribution in [-0.2, 0) is 23.9 Å². The maximum absolute atomic E-state index is 15.6. The molecule has 1 aromatic heterocycles. The van der Waals surface area contributed by atoms with Crippen LogP contribution in [0, 0.1) is 11.8 Å². The minimum Gasteiger partial charge on any atom is -0.507 e. The lowest BCUT2D eigenvalue weighted by atomic mass is 9.57. The zero-order valence-corrected chi connectivity index (χ0v) is 31.9. The lowest BCUT2D eigenvalue weighted by molar-refractivity contribution is -0.143. The smallest absolute Gasteiger partial charge is 0.417 e. The van der Waals surface area contributed by atoms with Crippen LogP contribution in [0.15, 0.2) is 46.5 Å². The molecule has 10 nitrogen and oxygen atoms in total. The third kappa shape index (κ3) is 6.65. The fraction of sp³-hybridized carbons (Fsp3) is 0.548. The number of ketones is 2. The number of fused-ring (bicyclic) bond motifs is 4. The van der Waals surface area contributed by atoms with Crippen LogP contribution in [0.25, 0.3) is 5.76 Å². The second kappa shape index (κ2) is 15.4. The average Bonchev–Trinajstić information content (AvgIpc) is 3.80. The Morgan fingerprint density at radius 3 is 2.42 bits per heavy atom. The number of benzene rings is 2. The van der Waals surface area contributed by atoms with E-state index in [-0.39, 0.29) is 71.3 Å². The first-order chi connectivity index (χ1) is 26.4. The van der Waals surface area contributed by atoms with Gasteiger partial charge < -0.3 is 24.2 Å². The maximum atomic E-state index is 15.6. The molecule has 2 aromatic carbocycles. The van der Waals surface area contributed by atoms with Crippen molar-refractivity contribution in [3.8, 4) is 11.6 Å². The lowest BCUT2D eigenvalue weighted by Gasteiger charge is -2.50. The Hall–Kier alpha value is -4.20. The highest BCUT2D eigenvalue weighted by atomic mass is 19.4. The van der Waals surface area contributed by atoms with Gasteiger partial charge in [0.25, 0.3) is 5.88 Å². The van der Waals surface area contributed by atoms with Gasteiger partial charge in [0.1, 0.15) is 17.1 Å². The molecule has 3 aromatic rings. The number of Topliss-reactive ketones (excluding diaryl/α,β-unsaturated/α-hetero) is 2. The van der Waals surface area contributed by atoms with Crippen LogP contribution >= 0.6 is 0 Å². The molecule has 2 N–H and O–H groups in total. The Balaban J connectivity index is 1.38. The molecular weight excluding hydrogens is 715 g/mol. The fourth-order valence-electron chi connectivity index (χ4n) is 9.26. The number of hydrogen-bond acceptors (Lipinski definition) is 10. The van der Waals surface area contributed by atoms with Crippen molar-refractivity contribution in [2.24, 2.45) is 11.8 Å². The molecule has 2 fully saturated rings. The molecule has 5 atom stereocenters. The summed E-state index contributed by atoms with van der Waals surface area (Å²) in [6.07, 6.45) is -1.09. The normalized spacial score (nSPS) is 25.2. The predicted molar refractivity (Wildman–Crippen MR) is 198 cm³/mol. The largest absolute Gasteiger partial charge is 0.507 e. The first-order valence-electron chi connectivity index (χ1n) is 19.6. The van der Waals surface area contributed by atoms with Crippen LogP contribution in [0.2, 0.25) is 0 Å². The minimum absolute atomic E-state index is 0.0508. The first kappa shape index (κ1) is 39.1. The average molecular weight is 766 g/mol. The number of ether oxygens (including phenoxy) is 2. The number of halogens is 3. The van der Waals surface area contributed by atoms with Gasteiger partial charge in [0.2, 0.25) is 11.6 Å². The van der Waals surface area contributed by atoms with Crippen LogP contribution in [0.5, 0.6) is 11.6 Å². The highest BCUT2D eigenvalue weighted by Crippen LogP contribution is 2.58. The summed E-state index contributed by atoms with van der Waals surface area (Å²) in [5, 5.41) is 28.6. The van der Waals surface area contributed by atoms with Crippen LogP contribution in [0.1, 0.15) is 122 Å². The molecule has 0 amide bonds. The van der Waals surface area contributed by atoms with Crippen molar-refractivity contribution in [2.45, 2.75) is 103 Å². The molecule has 0 bridgehead atoms. The van der Waals surface area contributed by atoms with Crippen LogP contribution in [0.3, 0.4) is 0 Å². The Bertz CT molecular complexity index is 1960. The molecule has 55 heavy (non-hydrogen) atoms. The summed E-state index contributed by atoms with van der Waals surface area (Å²) in [4.78, 5) is 33.1. The fourth-order valence-corrected chi connectivity index (χ4v) is 9.26.